The van der Waals surface area contributed by atoms with Crippen LogP contribution in [-0.4, -0.2) is 35.7 Å². The molecule has 0 aliphatic heterocycles. The van der Waals surface area contributed by atoms with Crippen molar-refractivity contribution in [2.75, 3.05) is 12.8 Å². The van der Waals surface area contributed by atoms with E-state index in [2.05, 4.69) is 4.72 Å². The first-order valence-corrected chi connectivity index (χ1v) is 11.0. The first-order valence-electron chi connectivity index (χ1n) is 7.60. The number of halogens is 1. The van der Waals surface area contributed by atoms with E-state index in [9.17, 15) is 16.8 Å². The average molecular weight is 397 g/mol. The molecule has 2 unspecified atom stereocenters. The molecule has 2 rings (SSSR count). The Labute approximate surface area is 150 Å². The lowest BCUT2D eigenvalue weighted by Gasteiger charge is -2.21. The molecule has 0 bridgehead atoms. The Morgan fingerprint density at radius 2 is 1.71 bits per heavy atom. The number of hydrogen-bond donors (Lipinski definition) is 2. The lowest BCUT2D eigenvalue weighted by molar-refractivity contribution is 0.452. The van der Waals surface area contributed by atoms with Crippen LogP contribution in [0.25, 0.3) is 0 Å². The SMILES string of the molecule is Cc1cc(S(C)(=O)=O)c(C)c(S(=O)(=O)NC2CCCC2CN)c1.Cl. The fraction of sp³-hybridized carbons (Fsp3) is 0.600. The summed E-state index contributed by atoms with van der Waals surface area (Å²) in [5.74, 6) is 0.129. The van der Waals surface area contributed by atoms with Gasteiger partial charge in [0.1, 0.15) is 0 Å². The Kier molecular flexibility index (Phi) is 6.85. The van der Waals surface area contributed by atoms with Gasteiger partial charge in [0.15, 0.2) is 9.84 Å². The molecule has 3 N–H and O–H groups in total. The van der Waals surface area contributed by atoms with Crippen LogP contribution in [0.15, 0.2) is 21.9 Å². The van der Waals surface area contributed by atoms with Gasteiger partial charge in [0.2, 0.25) is 10.0 Å². The molecular weight excluding hydrogens is 372 g/mol. The van der Waals surface area contributed by atoms with Crippen molar-refractivity contribution in [2.24, 2.45) is 11.7 Å². The van der Waals surface area contributed by atoms with Crippen molar-refractivity contribution >= 4 is 32.3 Å². The van der Waals surface area contributed by atoms with Crippen molar-refractivity contribution in [3.8, 4) is 0 Å². The van der Waals surface area contributed by atoms with Crippen LogP contribution < -0.4 is 10.5 Å². The Balaban J connectivity index is 0.00000288. The fourth-order valence-electron chi connectivity index (χ4n) is 3.19. The normalized spacial score (nSPS) is 21.5. The summed E-state index contributed by atoms with van der Waals surface area (Å²) in [7, 11) is -7.29. The van der Waals surface area contributed by atoms with E-state index in [1.54, 1.807) is 6.92 Å². The molecule has 0 aromatic heterocycles. The molecule has 1 fully saturated rings. The van der Waals surface area contributed by atoms with Gasteiger partial charge in [0.25, 0.3) is 0 Å². The number of sulfonamides is 1. The lowest BCUT2D eigenvalue weighted by atomic mass is 10.1. The maximum atomic E-state index is 12.8. The molecule has 0 saturated heterocycles. The van der Waals surface area contributed by atoms with Gasteiger partial charge in [0.05, 0.1) is 9.79 Å². The Hall–Kier alpha value is -0.670. The second-order valence-electron chi connectivity index (χ2n) is 6.31. The second kappa shape index (κ2) is 7.70. The van der Waals surface area contributed by atoms with Crippen LogP contribution in [0.4, 0.5) is 0 Å². The summed E-state index contributed by atoms with van der Waals surface area (Å²) in [4.78, 5) is 0.0836. The van der Waals surface area contributed by atoms with Crippen LogP contribution in [0.2, 0.25) is 0 Å². The van der Waals surface area contributed by atoms with Crippen LogP contribution in [-0.2, 0) is 19.9 Å². The van der Waals surface area contributed by atoms with E-state index in [1.807, 2.05) is 0 Å². The molecule has 1 aliphatic rings. The molecular formula is C15H25ClN2O4S2. The van der Waals surface area contributed by atoms with E-state index in [0.29, 0.717) is 12.1 Å². The topological polar surface area (TPSA) is 106 Å². The summed E-state index contributed by atoms with van der Waals surface area (Å²) in [6.07, 6.45) is 3.69. The summed E-state index contributed by atoms with van der Waals surface area (Å²) < 4.78 is 52.0. The van der Waals surface area contributed by atoms with Gasteiger partial charge in [-0.1, -0.05) is 6.42 Å². The zero-order chi connectivity index (χ0) is 17.4. The van der Waals surface area contributed by atoms with Crippen molar-refractivity contribution in [3.63, 3.8) is 0 Å². The molecule has 6 nitrogen and oxygen atoms in total. The third kappa shape index (κ3) is 4.49. The summed E-state index contributed by atoms with van der Waals surface area (Å²) in [5.41, 5.74) is 6.56. The number of sulfone groups is 1. The standard InChI is InChI=1S/C15H24N2O4S2.ClH/c1-10-7-14(22(3,18)19)11(2)15(8-10)23(20,21)17-13-6-4-5-12(13)9-16;/h7-8,12-13,17H,4-6,9,16H2,1-3H3;1H. The van der Waals surface area contributed by atoms with Crippen molar-refractivity contribution in [1.82, 2.24) is 4.72 Å². The summed E-state index contributed by atoms with van der Waals surface area (Å²) >= 11 is 0. The van der Waals surface area contributed by atoms with Crippen molar-refractivity contribution < 1.29 is 16.8 Å². The third-order valence-corrected chi connectivity index (χ3v) is 7.25. The Bertz CT molecular complexity index is 807. The predicted molar refractivity (Wildman–Crippen MR) is 96.8 cm³/mol. The first kappa shape index (κ1) is 21.4. The van der Waals surface area contributed by atoms with Gasteiger partial charge in [0, 0.05) is 12.3 Å². The van der Waals surface area contributed by atoms with E-state index in [-0.39, 0.29) is 39.7 Å². The molecule has 1 aliphatic carbocycles. The van der Waals surface area contributed by atoms with Crippen LogP contribution in [0, 0.1) is 19.8 Å². The highest BCUT2D eigenvalue weighted by Crippen LogP contribution is 2.29. The minimum Gasteiger partial charge on any atom is -0.330 e. The average Bonchev–Trinajstić information content (AvgIpc) is 2.86. The van der Waals surface area contributed by atoms with Gasteiger partial charge in [-0.05, 0) is 62.4 Å². The molecule has 0 heterocycles. The van der Waals surface area contributed by atoms with Gasteiger partial charge in [-0.25, -0.2) is 21.6 Å². The number of rotatable bonds is 5. The van der Waals surface area contributed by atoms with E-state index < -0.39 is 19.9 Å². The fourth-order valence-corrected chi connectivity index (χ4v) is 6.01. The quantitative estimate of drug-likeness (QED) is 0.784. The molecule has 9 heteroatoms. The smallest absolute Gasteiger partial charge is 0.241 e. The first-order chi connectivity index (χ1) is 10.6. The highest BCUT2D eigenvalue weighted by atomic mass is 35.5. The number of benzene rings is 1. The molecule has 138 valence electrons. The monoisotopic (exact) mass is 396 g/mol. The molecule has 24 heavy (non-hydrogen) atoms. The second-order valence-corrected chi connectivity index (χ2v) is 9.98. The van der Waals surface area contributed by atoms with E-state index >= 15 is 0 Å². The van der Waals surface area contributed by atoms with Crippen molar-refractivity contribution in [2.45, 2.75) is 48.9 Å². The molecule has 2 atom stereocenters. The minimum atomic E-state index is -3.79. The van der Waals surface area contributed by atoms with Crippen LogP contribution in [0.1, 0.15) is 30.4 Å². The van der Waals surface area contributed by atoms with E-state index in [1.165, 1.54) is 19.1 Å². The van der Waals surface area contributed by atoms with E-state index in [0.717, 1.165) is 25.5 Å². The summed E-state index contributed by atoms with van der Waals surface area (Å²) in [6, 6.07) is 2.83. The zero-order valence-electron chi connectivity index (χ0n) is 14.1. The van der Waals surface area contributed by atoms with Crippen LogP contribution in [0.3, 0.4) is 0 Å². The maximum absolute atomic E-state index is 12.8. The number of nitrogens with two attached hydrogens (primary N) is 1. The third-order valence-electron chi connectivity index (χ3n) is 4.41. The maximum Gasteiger partial charge on any atom is 0.241 e. The number of aryl methyl sites for hydroxylation is 1. The van der Waals surface area contributed by atoms with Gasteiger partial charge in [-0.15, -0.1) is 12.4 Å². The highest BCUT2D eigenvalue weighted by molar-refractivity contribution is 7.91. The summed E-state index contributed by atoms with van der Waals surface area (Å²) in [6.45, 7) is 3.65. The van der Waals surface area contributed by atoms with Crippen LogP contribution in [0.5, 0.6) is 0 Å². The van der Waals surface area contributed by atoms with Crippen molar-refractivity contribution in [1.29, 1.82) is 0 Å². The minimum absolute atomic E-state index is 0. The van der Waals surface area contributed by atoms with Gasteiger partial charge in [-0.3, -0.25) is 0 Å². The van der Waals surface area contributed by atoms with Crippen LogP contribution >= 0.6 is 12.4 Å². The van der Waals surface area contributed by atoms with Gasteiger partial charge in [-0.2, -0.15) is 0 Å². The molecule has 1 aromatic rings. The zero-order valence-corrected chi connectivity index (χ0v) is 16.5. The molecule has 0 spiro atoms. The van der Waals surface area contributed by atoms with Gasteiger partial charge >= 0.3 is 0 Å². The Morgan fingerprint density at radius 1 is 1.12 bits per heavy atom. The molecule has 0 amide bonds. The van der Waals surface area contributed by atoms with Gasteiger partial charge < -0.3 is 5.73 Å². The lowest BCUT2D eigenvalue weighted by Crippen LogP contribution is -2.40. The largest absolute Gasteiger partial charge is 0.330 e. The molecule has 1 saturated carbocycles. The molecule has 0 radical (unpaired) electrons. The predicted octanol–water partition coefficient (Wildman–Crippen LogP) is 1.53. The number of hydrogen-bond acceptors (Lipinski definition) is 5. The summed E-state index contributed by atoms with van der Waals surface area (Å²) in [5, 5.41) is 0. The Morgan fingerprint density at radius 3 is 2.25 bits per heavy atom. The van der Waals surface area contributed by atoms with Crippen molar-refractivity contribution in [3.05, 3.63) is 23.3 Å². The van der Waals surface area contributed by atoms with E-state index in [4.69, 9.17) is 5.73 Å². The number of nitrogens with one attached hydrogen (secondary N) is 1. The molecule has 1 aromatic carbocycles. The highest BCUT2D eigenvalue weighted by Gasteiger charge is 2.32.